The van der Waals surface area contributed by atoms with Crippen LogP contribution in [-0.4, -0.2) is 13.7 Å². The van der Waals surface area contributed by atoms with E-state index in [0.717, 1.165) is 27.9 Å². The number of aromatic nitrogens is 2. The number of rotatable bonds is 0. The molecule has 2 aromatic heterocycles. The zero-order chi connectivity index (χ0) is 13.7. The van der Waals surface area contributed by atoms with Gasteiger partial charge >= 0.3 is 0 Å². The fourth-order valence-electron chi connectivity index (χ4n) is 2.76. The summed E-state index contributed by atoms with van der Waals surface area (Å²) >= 11 is 3.52. The molecule has 0 radical (unpaired) electrons. The number of pyridine rings is 1. The Kier molecular flexibility index (Phi) is 2.30. The minimum Gasteiger partial charge on any atom is -0.296 e. The van der Waals surface area contributed by atoms with Gasteiger partial charge in [0.2, 0.25) is 0 Å². The minimum atomic E-state index is -0.625. The van der Waals surface area contributed by atoms with Crippen molar-refractivity contribution < 1.29 is 0 Å². The van der Waals surface area contributed by atoms with Gasteiger partial charge in [0.1, 0.15) is 9.97 Å². The quantitative estimate of drug-likeness (QED) is 0.592. The number of hydrogen-bond donors (Lipinski definition) is 0. The number of halogens is 1. The Balaban J connectivity index is 2.12. The Morgan fingerprint density at radius 2 is 2.10 bits per heavy atom. The Labute approximate surface area is 124 Å². The van der Waals surface area contributed by atoms with E-state index in [9.17, 15) is 5.26 Å². The summed E-state index contributed by atoms with van der Waals surface area (Å²) in [6.45, 7) is 0. The average Bonchev–Trinajstić information content (AvgIpc) is 2.86. The predicted molar refractivity (Wildman–Crippen MR) is 82.7 cm³/mol. The molecule has 0 saturated heterocycles. The summed E-state index contributed by atoms with van der Waals surface area (Å²) in [5.41, 5.74) is 5.26. The highest BCUT2D eigenvalue weighted by Gasteiger charge is 2.29. The highest BCUT2D eigenvalue weighted by atomic mass is 79.9. The third kappa shape index (κ3) is 1.53. The van der Waals surface area contributed by atoms with E-state index in [-0.39, 0.29) is 0 Å². The van der Waals surface area contributed by atoms with Gasteiger partial charge in [-0.3, -0.25) is 4.40 Å². The molecular formula is C16H10BrN3. The molecule has 1 aliphatic carbocycles. The van der Waals surface area contributed by atoms with Crippen LogP contribution in [0.3, 0.4) is 0 Å². The SMILES string of the molecule is N#CC1(Br)C=Cc2ccc3nc4ccccc4n3c2C1. The second kappa shape index (κ2) is 3.94. The highest BCUT2D eigenvalue weighted by Crippen LogP contribution is 2.33. The zero-order valence-corrected chi connectivity index (χ0v) is 12.1. The van der Waals surface area contributed by atoms with E-state index in [4.69, 9.17) is 0 Å². The largest absolute Gasteiger partial charge is 0.296 e. The molecule has 1 atom stereocenters. The molecule has 4 rings (SSSR count). The van der Waals surface area contributed by atoms with Crippen molar-refractivity contribution >= 4 is 38.7 Å². The van der Waals surface area contributed by atoms with Crippen LogP contribution >= 0.6 is 15.9 Å². The van der Waals surface area contributed by atoms with Crippen molar-refractivity contribution in [2.24, 2.45) is 0 Å². The first-order valence-electron chi connectivity index (χ1n) is 6.39. The lowest BCUT2D eigenvalue weighted by molar-refractivity contribution is 0.833. The van der Waals surface area contributed by atoms with Gasteiger partial charge in [0.15, 0.2) is 0 Å². The fraction of sp³-hybridized carbons (Fsp3) is 0.125. The van der Waals surface area contributed by atoms with Crippen molar-refractivity contribution in [1.82, 2.24) is 9.38 Å². The van der Waals surface area contributed by atoms with Gasteiger partial charge in [-0.1, -0.05) is 40.2 Å². The lowest BCUT2D eigenvalue weighted by atomic mass is 9.94. The Morgan fingerprint density at radius 3 is 2.95 bits per heavy atom. The third-order valence-electron chi connectivity index (χ3n) is 3.74. The number of nitriles is 1. The molecule has 0 N–H and O–H groups in total. The first-order chi connectivity index (χ1) is 9.70. The monoisotopic (exact) mass is 323 g/mol. The van der Waals surface area contributed by atoms with Gasteiger partial charge in [0.05, 0.1) is 17.1 Å². The Morgan fingerprint density at radius 1 is 1.25 bits per heavy atom. The van der Waals surface area contributed by atoms with E-state index in [1.165, 1.54) is 0 Å². The van der Waals surface area contributed by atoms with Crippen molar-refractivity contribution in [2.45, 2.75) is 10.7 Å². The van der Waals surface area contributed by atoms with Crippen LogP contribution in [0, 0.1) is 11.3 Å². The molecule has 0 amide bonds. The van der Waals surface area contributed by atoms with E-state index in [1.54, 1.807) is 0 Å². The standard InChI is InChI=1S/C16H10BrN3/c17-16(10-18)8-7-11-5-6-15-19-12-3-1-2-4-13(12)20(15)14(11)9-16/h1-8H,9H2. The van der Waals surface area contributed by atoms with Crippen LogP contribution in [0.15, 0.2) is 42.5 Å². The van der Waals surface area contributed by atoms with Gasteiger partial charge in [-0.25, -0.2) is 4.98 Å². The van der Waals surface area contributed by atoms with Crippen LogP contribution < -0.4 is 0 Å². The summed E-state index contributed by atoms with van der Waals surface area (Å²) < 4.78 is 1.53. The van der Waals surface area contributed by atoms with E-state index in [0.29, 0.717) is 6.42 Å². The maximum atomic E-state index is 9.34. The normalized spacial score (nSPS) is 21.0. The summed E-state index contributed by atoms with van der Waals surface area (Å²) in [7, 11) is 0. The number of para-hydroxylation sites is 2. The van der Waals surface area contributed by atoms with Crippen LogP contribution in [0.4, 0.5) is 0 Å². The molecule has 0 saturated carbocycles. The molecule has 20 heavy (non-hydrogen) atoms. The summed E-state index contributed by atoms with van der Waals surface area (Å²) in [6.07, 6.45) is 4.55. The van der Waals surface area contributed by atoms with Crippen molar-refractivity contribution in [3.63, 3.8) is 0 Å². The smallest absolute Gasteiger partial charge is 0.138 e. The molecule has 96 valence electrons. The van der Waals surface area contributed by atoms with Crippen molar-refractivity contribution in [3.05, 3.63) is 53.7 Å². The number of nitrogens with zero attached hydrogens (tertiary/aromatic N) is 3. The summed E-state index contributed by atoms with van der Waals surface area (Å²) in [6, 6.07) is 14.5. The Bertz CT molecular complexity index is 917. The molecule has 0 aliphatic heterocycles. The predicted octanol–water partition coefficient (Wildman–Crippen LogP) is 3.71. The third-order valence-corrected chi connectivity index (χ3v) is 4.46. The molecule has 3 nitrogen and oxygen atoms in total. The van der Waals surface area contributed by atoms with Gasteiger partial charge in [0.25, 0.3) is 0 Å². The lowest BCUT2D eigenvalue weighted by Gasteiger charge is -2.22. The number of imidazole rings is 1. The molecule has 0 bridgehead atoms. The highest BCUT2D eigenvalue weighted by molar-refractivity contribution is 9.10. The van der Waals surface area contributed by atoms with Crippen LogP contribution in [0.25, 0.3) is 22.8 Å². The second-order valence-electron chi connectivity index (χ2n) is 5.01. The van der Waals surface area contributed by atoms with E-state index in [1.807, 2.05) is 36.4 Å². The maximum Gasteiger partial charge on any atom is 0.138 e. The van der Waals surface area contributed by atoms with Gasteiger partial charge in [-0.2, -0.15) is 5.26 Å². The molecule has 2 heterocycles. The summed E-state index contributed by atoms with van der Waals surface area (Å²) in [4.78, 5) is 4.64. The van der Waals surface area contributed by atoms with E-state index in [2.05, 4.69) is 43.5 Å². The number of benzene rings is 1. The fourth-order valence-corrected chi connectivity index (χ4v) is 3.16. The molecule has 0 spiro atoms. The number of fused-ring (bicyclic) bond motifs is 5. The van der Waals surface area contributed by atoms with E-state index >= 15 is 0 Å². The molecule has 0 fully saturated rings. The van der Waals surface area contributed by atoms with E-state index < -0.39 is 4.32 Å². The molecule has 1 unspecified atom stereocenters. The molecule has 1 aliphatic rings. The number of hydrogen-bond acceptors (Lipinski definition) is 2. The van der Waals surface area contributed by atoms with Gasteiger partial charge in [0, 0.05) is 12.1 Å². The first kappa shape index (κ1) is 11.7. The topological polar surface area (TPSA) is 41.1 Å². The molecule has 1 aromatic carbocycles. The second-order valence-corrected chi connectivity index (χ2v) is 6.43. The van der Waals surface area contributed by atoms with Crippen molar-refractivity contribution in [2.75, 3.05) is 0 Å². The Hall–Kier alpha value is -2.12. The van der Waals surface area contributed by atoms with Gasteiger partial charge in [-0.05, 0) is 29.8 Å². The summed E-state index contributed by atoms with van der Waals surface area (Å²) in [5, 5.41) is 9.34. The van der Waals surface area contributed by atoms with Crippen molar-refractivity contribution in [1.29, 1.82) is 5.26 Å². The van der Waals surface area contributed by atoms with Gasteiger partial charge < -0.3 is 0 Å². The zero-order valence-electron chi connectivity index (χ0n) is 10.5. The van der Waals surface area contributed by atoms with Crippen LogP contribution in [0.1, 0.15) is 11.3 Å². The first-order valence-corrected chi connectivity index (χ1v) is 7.18. The van der Waals surface area contributed by atoms with Crippen LogP contribution in [0.2, 0.25) is 0 Å². The molecule has 4 heteroatoms. The van der Waals surface area contributed by atoms with Crippen LogP contribution in [0.5, 0.6) is 0 Å². The number of allylic oxidation sites excluding steroid dienone is 1. The summed E-state index contributed by atoms with van der Waals surface area (Å²) in [5.74, 6) is 0. The van der Waals surface area contributed by atoms with Gasteiger partial charge in [-0.15, -0.1) is 0 Å². The molecular weight excluding hydrogens is 314 g/mol. The maximum absolute atomic E-state index is 9.34. The minimum absolute atomic E-state index is 0.625. The average molecular weight is 324 g/mol. The number of alkyl halides is 1. The lowest BCUT2D eigenvalue weighted by Crippen LogP contribution is -2.23. The van der Waals surface area contributed by atoms with Crippen LogP contribution in [-0.2, 0) is 6.42 Å². The molecule has 3 aromatic rings. The van der Waals surface area contributed by atoms with Crippen molar-refractivity contribution in [3.8, 4) is 6.07 Å².